The molecule has 1 aliphatic heterocycles. The summed E-state index contributed by atoms with van der Waals surface area (Å²) in [5.41, 5.74) is 1.30. The highest BCUT2D eigenvalue weighted by Crippen LogP contribution is 2.29. The first-order valence-electron chi connectivity index (χ1n) is 15.5. The van der Waals surface area contributed by atoms with E-state index in [4.69, 9.17) is 32.7 Å². The van der Waals surface area contributed by atoms with Crippen LogP contribution in [0.1, 0.15) is 68.8 Å². The lowest BCUT2D eigenvalue weighted by atomic mass is 10.0. The van der Waals surface area contributed by atoms with Gasteiger partial charge in [0.15, 0.2) is 0 Å². The predicted octanol–water partition coefficient (Wildman–Crippen LogP) is 7.20. The van der Waals surface area contributed by atoms with Gasteiger partial charge in [0.1, 0.15) is 5.75 Å². The summed E-state index contributed by atoms with van der Waals surface area (Å²) in [6.07, 6.45) is -4.65. The first-order valence-corrected chi connectivity index (χ1v) is 16.3. The number of benzene rings is 2. The zero-order valence-corrected chi connectivity index (χ0v) is 28.2. The minimum Gasteiger partial charge on any atom is -0.490 e. The lowest BCUT2D eigenvalue weighted by Crippen LogP contribution is -2.47. The molecule has 0 fully saturated rings. The molecule has 256 valence electrons. The summed E-state index contributed by atoms with van der Waals surface area (Å²) >= 11 is 12.3. The third kappa shape index (κ3) is 11.9. The molecule has 0 unspecified atom stereocenters. The van der Waals surface area contributed by atoms with Crippen LogP contribution >= 0.6 is 23.2 Å². The zero-order valence-electron chi connectivity index (χ0n) is 26.7. The van der Waals surface area contributed by atoms with Gasteiger partial charge in [0, 0.05) is 44.3 Å². The Morgan fingerprint density at radius 1 is 1.15 bits per heavy atom. The molecular weight excluding hydrogens is 646 g/mol. The van der Waals surface area contributed by atoms with Gasteiger partial charge in [-0.1, -0.05) is 36.2 Å². The number of aliphatic hydroxyl groups excluding tert-OH is 1. The minimum atomic E-state index is -4.47. The van der Waals surface area contributed by atoms with Crippen molar-refractivity contribution in [2.75, 3.05) is 38.7 Å². The standard InChI is InChI=1S/C33H44Cl2F3N3O5/c1-21-17-41(22(2)20-42)32(44)26-16-25(39-31(43)12-13-33(36,37)38)9-11-29(26)46-23(3)7-5-6-14-45-30(21)19-40(4)18-24-8-10-27(34)28(35)15-24/h8-11,15-16,21-23,30,42H,5-7,12-14,17-20H2,1-4H3,(H,39,43)/t21-,22+,23-,30+/m0/s1. The molecule has 0 bridgehead atoms. The maximum atomic E-state index is 14.2. The molecule has 0 saturated carbocycles. The molecule has 2 aromatic rings. The third-order valence-electron chi connectivity index (χ3n) is 7.90. The van der Waals surface area contributed by atoms with E-state index in [1.807, 2.05) is 33.0 Å². The Morgan fingerprint density at radius 3 is 2.57 bits per heavy atom. The van der Waals surface area contributed by atoms with Crippen molar-refractivity contribution in [1.82, 2.24) is 9.80 Å². The molecule has 4 atom stereocenters. The van der Waals surface area contributed by atoms with Gasteiger partial charge in [0.25, 0.3) is 5.91 Å². The second-order valence-corrected chi connectivity index (χ2v) is 12.9. The van der Waals surface area contributed by atoms with E-state index < -0.39 is 36.9 Å². The number of amides is 2. The van der Waals surface area contributed by atoms with Crippen molar-refractivity contribution in [3.8, 4) is 5.75 Å². The maximum Gasteiger partial charge on any atom is 0.389 e. The number of halogens is 5. The molecule has 1 aliphatic rings. The average molecular weight is 691 g/mol. The van der Waals surface area contributed by atoms with Crippen LogP contribution in [-0.4, -0.2) is 84.5 Å². The summed E-state index contributed by atoms with van der Waals surface area (Å²) in [5, 5.41) is 13.6. The quantitative estimate of drug-likeness (QED) is 0.289. The fraction of sp³-hybridized carbons (Fsp3) is 0.576. The van der Waals surface area contributed by atoms with Gasteiger partial charge in [0.2, 0.25) is 5.91 Å². The number of aliphatic hydroxyl groups is 1. The highest BCUT2D eigenvalue weighted by atomic mass is 35.5. The van der Waals surface area contributed by atoms with Crippen molar-refractivity contribution < 1.29 is 37.3 Å². The summed E-state index contributed by atoms with van der Waals surface area (Å²) in [4.78, 5) is 30.1. The molecule has 1 heterocycles. The number of hydrogen-bond donors (Lipinski definition) is 2. The Kier molecular flexibility index (Phi) is 14.4. The smallest absolute Gasteiger partial charge is 0.389 e. The SMILES string of the molecule is C[C@H](CO)N1C[C@H](C)[C@@H](CN(C)Cc2ccc(Cl)c(Cl)c2)OCCCC[C@H](C)Oc2ccc(NC(=O)CCC(F)(F)F)cc2C1=O. The summed E-state index contributed by atoms with van der Waals surface area (Å²) < 4.78 is 50.5. The number of rotatable bonds is 9. The van der Waals surface area contributed by atoms with Crippen LogP contribution in [0.4, 0.5) is 18.9 Å². The molecule has 46 heavy (non-hydrogen) atoms. The Balaban J connectivity index is 1.88. The van der Waals surface area contributed by atoms with E-state index in [0.717, 1.165) is 18.4 Å². The Labute approximate surface area is 279 Å². The summed E-state index contributed by atoms with van der Waals surface area (Å²) in [6, 6.07) is 9.40. The highest BCUT2D eigenvalue weighted by Gasteiger charge is 2.31. The summed E-state index contributed by atoms with van der Waals surface area (Å²) in [6.45, 7) is 7.23. The van der Waals surface area contributed by atoms with Crippen molar-refractivity contribution >= 4 is 40.7 Å². The molecule has 2 amide bonds. The van der Waals surface area contributed by atoms with Gasteiger partial charge in [-0.3, -0.25) is 14.5 Å². The van der Waals surface area contributed by atoms with Crippen molar-refractivity contribution in [2.24, 2.45) is 5.92 Å². The van der Waals surface area contributed by atoms with Gasteiger partial charge in [-0.05, 0) is 76.1 Å². The van der Waals surface area contributed by atoms with E-state index >= 15 is 0 Å². The van der Waals surface area contributed by atoms with Gasteiger partial charge in [-0.15, -0.1) is 0 Å². The topological polar surface area (TPSA) is 91.3 Å². The number of nitrogens with zero attached hydrogens (tertiary/aromatic N) is 2. The molecule has 0 radical (unpaired) electrons. The number of nitrogens with one attached hydrogen (secondary N) is 1. The van der Waals surface area contributed by atoms with E-state index in [1.165, 1.54) is 12.1 Å². The zero-order chi connectivity index (χ0) is 34.0. The van der Waals surface area contributed by atoms with Gasteiger partial charge in [-0.2, -0.15) is 13.2 Å². The molecular formula is C33H44Cl2F3N3O5. The van der Waals surface area contributed by atoms with Crippen molar-refractivity contribution in [3.05, 3.63) is 57.6 Å². The first kappa shape index (κ1) is 37.9. The van der Waals surface area contributed by atoms with E-state index in [9.17, 15) is 27.9 Å². The Morgan fingerprint density at radius 2 is 1.89 bits per heavy atom. The predicted molar refractivity (Wildman–Crippen MR) is 174 cm³/mol. The molecule has 8 nitrogen and oxygen atoms in total. The number of alkyl halides is 3. The van der Waals surface area contributed by atoms with Crippen LogP contribution in [0.15, 0.2) is 36.4 Å². The van der Waals surface area contributed by atoms with Gasteiger partial charge >= 0.3 is 6.18 Å². The maximum absolute atomic E-state index is 14.2. The van der Waals surface area contributed by atoms with Gasteiger partial charge < -0.3 is 24.8 Å². The second-order valence-electron chi connectivity index (χ2n) is 12.1. The van der Waals surface area contributed by atoms with Crippen molar-refractivity contribution in [3.63, 3.8) is 0 Å². The number of likely N-dealkylation sites (N-methyl/N-ethyl adjacent to an activating group) is 1. The van der Waals surface area contributed by atoms with Gasteiger partial charge in [0.05, 0.1) is 46.9 Å². The average Bonchev–Trinajstić information content (AvgIpc) is 2.99. The Hall–Kier alpha value is -2.57. The Bertz CT molecular complexity index is 1320. The summed E-state index contributed by atoms with van der Waals surface area (Å²) in [7, 11) is 1.98. The number of ether oxygens (including phenoxy) is 2. The fourth-order valence-corrected chi connectivity index (χ4v) is 5.58. The highest BCUT2D eigenvalue weighted by molar-refractivity contribution is 6.42. The molecule has 0 aliphatic carbocycles. The molecule has 0 saturated heterocycles. The number of carbonyl (C=O) groups is 2. The van der Waals surface area contributed by atoms with E-state index in [1.54, 1.807) is 24.0 Å². The minimum absolute atomic E-state index is 0.138. The molecule has 0 spiro atoms. The van der Waals surface area contributed by atoms with Crippen LogP contribution in [0.2, 0.25) is 10.0 Å². The lowest BCUT2D eigenvalue weighted by molar-refractivity contribution is -0.142. The van der Waals surface area contributed by atoms with Crippen molar-refractivity contribution in [1.29, 1.82) is 0 Å². The molecule has 2 aromatic carbocycles. The number of hydrogen-bond acceptors (Lipinski definition) is 6. The van der Waals surface area contributed by atoms with Crippen molar-refractivity contribution in [2.45, 2.75) is 83.8 Å². The summed E-state index contributed by atoms with van der Waals surface area (Å²) in [5.74, 6) is -1.13. The number of fused-ring (bicyclic) bond motifs is 1. The van der Waals surface area contributed by atoms with E-state index in [-0.39, 0.29) is 42.5 Å². The molecule has 0 aromatic heterocycles. The largest absolute Gasteiger partial charge is 0.490 e. The normalized spacial score (nSPS) is 20.9. The first-order chi connectivity index (χ1) is 21.7. The number of anilines is 1. The fourth-order valence-electron chi connectivity index (χ4n) is 5.26. The molecule has 2 N–H and O–H groups in total. The van der Waals surface area contributed by atoms with Crippen LogP contribution in [-0.2, 0) is 16.1 Å². The van der Waals surface area contributed by atoms with E-state index in [0.29, 0.717) is 41.9 Å². The van der Waals surface area contributed by atoms with Crippen LogP contribution in [0.3, 0.4) is 0 Å². The third-order valence-corrected chi connectivity index (χ3v) is 8.64. The molecule has 3 rings (SSSR count). The van der Waals surface area contributed by atoms with Crippen LogP contribution < -0.4 is 10.1 Å². The second kappa shape index (κ2) is 17.5. The molecule has 13 heteroatoms. The number of carbonyl (C=O) groups excluding carboxylic acids is 2. The van der Waals surface area contributed by atoms with Crippen LogP contribution in [0.5, 0.6) is 5.75 Å². The van der Waals surface area contributed by atoms with Crippen LogP contribution in [0.25, 0.3) is 0 Å². The van der Waals surface area contributed by atoms with E-state index in [2.05, 4.69) is 10.2 Å². The lowest BCUT2D eigenvalue weighted by Gasteiger charge is -2.36. The van der Waals surface area contributed by atoms with Crippen LogP contribution in [0, 0.1) is 5.92 Å². The van der Waals surface area contributed by atoms with Gasteiger partial charge in [-0.25, -0.2) is 0 Å². The monoisotopic (exact) mass is 689 g/mol.